The molecule has 0 amide bonds. The number of carboxylic acids is 1. The van der Waals surface area contributed by atoms with Crippen LogP contribution in [0.5, 0.6) is 0 Å². The van der Waals surface area contributed by atoms with Crippen molar-refractivity contribution in [1.82, 2.24) is 0 Å². The Morgan fingerprint density at radius 3 is 2.76 bits per heavy atom. The number of allylic oxidation sites excluding steroid dienone is 2. The van der Waals surface area contributed by atoms with E-state index in [0.29, 0.717) is 29.5 Å². The van der Waals surface area contributed by atoms with Gasteiger partial charge in [0.25, 0.3) is 0 Å². The monoisotopic (exact) mass is 339 g/mol. The van der Waals surface area contributed by atoms with Gasteiger partial charge in [-0.25, -0.2) is 9.59 Å². The van der Waals surface area contributed by atoms with Gasteiger partial charge < -0.3 is 9.84 Å². The first-order chi connectivity index (χ1) is 11.9. The maximum atomic E-state index is 12.0. The van der Waals surface area contributed by atoms with E-state index >= 15 is 0 Å². The zero-order valence-corrected chi connectivity index (χ0v) is 14.0. The first-order valence-electron chi connectivity index (χ1n) is 7.68. The highest BCUT2D eigenvalue weighted by Crippen LogP contribution is 2.38. The summed E-state index contributed by atoms with van der Waals surface area (Å²) >= 11 is 0. The van der Waals surface area contributed by atoms with Gasteiger partial charge in [0.05, 0.1) is 11.3 Å². The summed E-state index contributed by atoms with van der Waals surface area (Å²) in [4.78, 5) is 37.3. The summed E-state index contributed by atoms with van der Waals surface area (Å²) in [5, 5.41) is 8.75. The van der Waals surface area contributed by atoms with Gasteiger partial charge in [-0.15, -0.1) is 6.42 Å². The fourth-order valence-corrected chi connectivity index (χ4v) is 2.83. The van der Waals surface area contributed by atoms with E-state index in [1.807, 2.05) is 13.0 Å². The van der Waals surface area contributed by atoms with E-state index < -0.39 is 11.9 Å². The number of hydrogen-bond acceptors (Lipinski definition) is 5. The number of rotatable bonds is 6. The molecule has 1 N–H and O–H groups in total. The van der Waals surface area contributed by atoms with Crippen LogP contribution >= 0.6 is 0 Å². The molecule has 1 heterocycles. The highest BCUT2D eigenvalue weighted by molar-refractivity contribution is 6.01. The molecule has 0 bridgehead atoms. The lowest BCUT2D eigenvalue weighted by Gasteiger charge is -2.13. The molecule has 0 radical (unpaired) electrons. The van der Waals surface area contributed by atoms with Crippen molar-refractivity contribution < 1.29 is 24.2 Å². The Morgan fingerprint density at radius 1 is 1.44 bits per heavy atom. The highest BCUT2D eigenvalue weighted by Gasteiger charge is 2.31. The average Bonchev–Trinajstić information content (AvgIpc) is 2.96. The Kier molecular flexibility index (Phi) is 5.53. The van der Waals surface area contributed by atoms with E-state index in [9.17, 15) is 14.4 Å². The number of carbonyl (C=O) groups is 2. The molecule has 0 unspecified atom stereocenters. The molecular weight excluding hydrogens is 322 g/mol. The normalized spacial score (nSPS) is 12.8. The second kappa shape index (κ2) is 7.61. The quantitative estimate of drug-likeness (QED) is 0.283. The second-order valence-electron chi connectivity index (χ2n) is 5.75. The second-order valence-corrected chi connectivity index (χ2v) is 5.75. The first-order valence-corrected chi connectivity index (χ1v) is 7.68. The molecule has 1 aliphatic heterocycles. The predicted molar refractivity (Wildman–Crippen MR) is 90.3 cm³/mol. The minimum absolute atomic E-state index is 0.0270. The third-order valence-electron chi connectivity index (χ3n) is 4.20. The number of ether oxygens (including phenoxy) is 1. The van der Waals surface area contributed by atoms with E-state index in [2.05, 4.69) is 10.9 Å². The van der Waals surface area contributed by atoms with Gasteiger partial charge in [-0.1, -0.05) is 17.6 Å². The molecule has 0 aliphatic carbocycles. The molecule has 6 heteroatoms. The molecule has 1 aromatic carbocycles. The molecule has 0 saturated carbocycles. The van der Waals surface area contributed by atoms with Crippen molar-refractivity contribution in [1.29, 1.82) is 0 Å². The maximum Gasteiger partial charge on any atom is 0.341 e. The number of carboxylic acid groups (broad SMARTS) is 1. The number of cyclic esters (lactones) is 1. The minimum Gasteiger partial charge on any atom is -0.481 e. The van der Waals surface area contributed by atoms with Crippen molar-refractivity contribution in [3.8, 4) is 12.3 Å². The third-order valence-corrected chi connectivity index (χ3v) is 4.20. The number of carbonyl (C=O) groups excluding carboxylic acids is 2. The summed E-state index contributed by atoms with van der Waals surface area (Å²) in [5.74, 6) is 1.19. The smallest absolute Gasteiger partial charge is 0.341 e. The molecule has 1 aliphatic rings. The molecule has 1 aromatic rings. The van der Waals surface area contributed by atoms with E-state index in [1.165, 1.54) is 6.08 Å². The Labute approximate surface area is 145 Å². The van der Waals surface area contributed by atoms with Crippen LogP contribution in [0.2, 0.25) is 0 Å². The summed E-state index contributed by atoms with van der Waals surface area (Å²) in [6, 6.07) is 0. The lowest BCUT2D eigenvalue weighted by atomic mass is 9.89. The first kappa shape index (κ1) is 18.2. The van der Waals surface area contributed by atoms with Crippen molar-refractivity contribution in [3.05, 3.63) is 39.5 Å². The van der Waals surface area contributed by atoms with Crippen LogP contribution in [-0.4, -0.2) is 23.1 Å². The van der Waals surface area contributed by atoms with Crippen molar-refractivity contribution in [2.75, 3.05) is 0 Å². The molecule has 25 heavy (non-hydrogen) atoms. The van der Waals surface area contributed by atoms with Gasteiger partial charge >= 0.3 is 11.9 Å². The van der Waals surface area contributed by atoms with Crippen molar-refractivity contribution >= 4 is 23.7 Å². The molecule has 0 atom stereocenters. The largest absolute Gasteiger partial charge is 0.481 e. The van der Waals surface area contributed by atoms with Crippen LogP contribution in [0.1, 0.15) is 52.4 Å². The Hall–Kier alpha value is -3.16. The molecule has 0 spiro atoms. The topological polar surface area (TPSA) is 93.0 Å². The molecule has 6 nitrogen and oxygen atoms in total. The van der Waals surface area contributed by atoms with E-state index in [4.69, 9.17) is 16.3 Å². The zero-order chi connectivity index (χ0) is 18.6. The molecule has 0 fully saturated rings. The molecule has 0 saturated heterocycles. The number of isocyanates is 1. The number of esters is 1. The van der Waals surface area contributed by atoms with Crippen molar-refractivity contribution in [2.45, 2.75) is 39.7 Å². The lowest BCUT2D eigenvalue weighted by molar-refractivity contribution is -0.136. The predicted octanol–water partition coefficient (Wildman–Crippen LogP) is 2.97. The molecule has 2 rings (SSSR count). The summed E-state index contributed by atoms with van der Waals surface area (Å²) in [6.45, 7) is 3.72. The van der Waals surface area contributed by atoms with Gasteiger partial charge in [0.2, 0.25) is 6.08 Å². The number of terminal acetylenes is 1. The standard InChI is InChI=1S/C19H17NO5/c1-4-13-12(3)15-9-25-19(24)17(15)18(20-10-21)14(13)7-5-11(2)6-8-16(22)23/h1,5H,6-9H2,2-3H3,(H,22,23)/b11-5+. The SMILES string of the molecule is C#Cc1c(C)c2c(c(N=C=O)c1C/C=C(\C)CCC(=O)O)C(=O)OC2. The average molecular weight is 339 g/mol. The number of fused-ring (bicyclic) bond motifs is 1. The lowest BCUT2D eigenvalue weighted by Crippen LogP contribution is -2.03. The number of hydrogen-bond donors (Lipinski definition) is 1. The van der Waals surface area contributed by atoms with Crippen LogP contribution in [0.3, 0.4) is 0 Å². The summed E-state index contributed by atoms with van der Waals surface area (Å²) < 4.78 is 5.06. The third kappa shape index (κ3) is 3.68. The van der Waals surface area contributed by atoms with Crippen LogP contribution in [0.25, 0.3) is 0 Å². The highest BCUT2D eigenvalue weighted by atomic mass is 16.5. The maximum absolute atomic E-state index is 12.0. The molecular formula is C19H17NO5. The van der Waals surface area contributed by atoms with Crippen LogP contribution < -0.4 is 0 Å². The van der Waals surface area contributed by atoms with Gasteiger partial charge in [-0.3, -0.25) is 4.79 Å². The molecule has 0 aromatic heterocycles. The Bertz CT molecular complexity index is 867. The number of benzene rings is 1. The Morgan fingerprint density at radius 2 is 2.16 bits per heavy atom. The molecule has 128 valence electrons. The van der Waals surface area contributed by atoms with Crippen LogP contribution in [-0.2, 0) is 27.4 Å². The van der Waals surface area contributed by atoms with Gasteiger partial charge in [0.1, 0.15) is 6.61 Å². The fraction of sp³-hybridized carbons (Fsp3) is 0.316. The number of aliphatic carboxylic acids is 1. The number of aliphatic imine (C=N–C) groups is 1. The van der Waals surface area contributed by atoms with E-state index in [1.54, 1.807) is 6.92 Å². The summed E-state index contributed by atoms with van der Waals surface area (Å²) in [5.41, 5.74) is 3.83. The fourth-order valence-electron chi connectivity index (χ4n) is 2.83. The van der Waals surface area contributed by atoms with Crippen LogP contribution in [0.15, 0.2) is 16.6 Å². The minimum atomic E-state index is -0.876. The zero-order valence-electron chi connectivity index (χ0n) is 14.0. The van der Waals surface area contributed by atoms with Gasteiger partial charge in [-0.05, 0) is 37.8 Å². The van der Waals surface area contributed by atoms with Gasteiger partial charge in [0.15, 0.2) is 0 Å². The number of nitrogens with zero attached hydrogens (tertiary/aromatic N) is 1. The summed E-state index contributed by atoms with van der Waals surface area (Å²) in [6.07, 6.45) is 9.69. The van der Waals surface area contributed by atoms with Crippen LogP contribution in [0.4, 0.5) is 5.69 Å². The van der Waals surface area contributed by atoms with Crippen molar-refractivity contribution in [2.24, 2.45) is 4.99 Å². The van der Waals surface area contributed by atoms with Gasteiger partial charge in [-0.2, -0.15) is 4.99 Å². The summed E-state index contributed by atoms with van der Waals surface area (Å²) in [7, 11) is 0. The van der Waals surface area contributed by atoms with Gasteiger partial charge in [0, 0.05) is 17.5 Å². The van der Waals surface area contributed by atoms with E-state index in [0.717, 1.165) is 11.1 Å². The van der Waals surface area contributed by atoms with Crippen LogP contribution in [0, 0.1) is 19.3 Å². The Balaban J connectivity index is 2.55. The van der Waals surface area contributed by atoms with E-state index in [-0.39, 0.29) is 24.3 Å². The van der Waals surface area contributed by atoms with Crippen molar-refractivity contribution in [3.63, 3.8) is 0 Å².